The quantitative estimate of drug-likeness (QED) is 0.350. The van der Waals surface area contributed by atoms with Crippen molar-refractivity contribution in [1.29, 1.82) is 0 Å². The molecule has 0 radical (unpaired) electrons. The van der Waals surface area contributed by atoms with E-state index in [4.69, 9.17) is 9.72 Å². The third-order valence-corrected chi connectivity index (χ3v) is 5.79. The SMILES string of the molecule is COc1ccccc1C(=O)n1c(-c2cn(C)c3ccc(Br)cc23)nc2ccccc21. The van der Waals surface area contributed by atoms with E-state index in [1.165, 1.54) is 0 Å². The third kappa shape index (κ3) is 2.83. The Hall–Kier alpha value is -3.38. The zero-order valence-corrected chi connectivity index (χ0v) is 18.1. The summed E-state index contributed by atoms with van der Waals surface area (Å²) in [5, 5.41) is 1.02. The number of benzene rings is 3. The molecular weight excluding hydrogens is 442 g/mol. The van der Waals surface area contributed by atoms with Crippen LogP contribution in [0.25, 0.3) is 33.3 Å². The number of ether oxygens (including phenoxy) is 1. The number of carbonyl (C=O) groups is 1. The molecule has 0 aliphatic rings. The van der Waals surface area contributed by atoms with Gasteiger partial charge in [-0.05, 0) is 42.5 Å². The molecule has 0 aliphatic carbocycles. The molecule has 6 heteroatoms. The van der Waals surface area contributed by atoms with Gasteiger partial charge < -0.3 is 9.30 Å². The van der Waals surface area contributed by atoms with Crippen LogP contribution >= 0.6 is 15.9 Å². The molecule has 2 heterocycles. The Balaban J connectivity index is 1.83. The lowest BCUT2D eigenvalue weighted by Crippen LogP contribution is -2.14. The molecule has 0 aliphatic heterocycles. The normalized spacial score (nSPS) is 11.3. The fraction of sp³-hybridized carbons (Fsp3) is 0.0833. The predicted octanol–water partition coefficient (Wildman–Crippen LogP) is 5.65. The number of fused-ring (bicyclic) bond motifs is 2. The molecule has 5 rings (SSSR count). The zero-order chi connectivity index (χ0) is 20.8. The third-order valence-electron chi connectivity index (χ3n) is 5.29. The van der Waals surface area contributed by atoms with Gasteiger partial charge in [0.15, 0.2) is 0 Å². The molecule has 5 aromatic rings. The van der Waals surface area contributed by atoms with Crippen LogP contribution in [0.5, 0.6) is 5.75 Å². The first-order valence-electron chi connectivity index (χ1n) is 9.48. The molecule has 2 aromatic heterocycles. The van der Waals surface area contributed by atoms with Crippen LogP contribution in [-0.2, 0) is 7.05 Å². The minimum absolute atomic E-state index is 0.178. The summed E-state index contributed by atoms with van der Waals surface area (Å²) in [6.45, 7) is 0. The Kier molecular flexibility index (Phi) is 4.44. The molecule has 0 amide bonds. The van der Waals surface area contributed by atoms with Crippen molar-refractivity contribution in [1.82, 2.24) is 14.1 Å². The number of nitrogens with zero attached hydrogens (tertiary/aromatic N) is 3. The van der Waals surface area contributed by atoms with E-state index in [2.05, 4.69) is 28.1 Å². The maximum Gasteiger partial charge on any atom is 0.267 e. The smallest absolute Gasteiger partial charge is 0.267 e. The van der Waals surface area contributed by atoms with Crippen LogP contribution in [0.15, 0.2) is 77.4 Å². The number of aryl methyl sites for hydroxylation is 1. The second-order valence-corrected chi connectivity index (χ2v) is 8.00. The van der Waals surface area contributed by atoms with Gasteiger partial charge in [-0.1, -0.05) is 40.2 Å². The van der Waals surface area contributed by atoms with Crippen LogP contribution < -0.4 is 4.74 Å². The lowest BCUT2D eigenvalue weighted by molar-refractivity contribution is 0.0963. The Bertz CT molecular complexity index is 1430. The molecule has 30 heavy (non-hydrogen) atoms. The predicted molar refractivity (Wildman–Crippen MR) is 122 cm³/mol. The molecule has 0 bridgehead atoms. The van der Waals surface area contributed by atoms with Gasteiger partial charge in [0.2, 0.25) is 0 Å². The Morgan fingerprint density at radius 2 is 1.77 bits per heavy atom. The van der Waals surface area contributed by atoms with E-state index in [1.54, 1.807) is 23.8 Å². The van der Waals surface area contributed by atoms with Crippen LogP contribution in [0.3, 0.4) is 0 Å². The highest BCUT2D eigenvalue weighted by Crippen LogP contribution is 2.34. The summed E-state index contributed by atoms with van der Waals surface area (Å²) < 4.78 is 10.2. The minimum atomic E-state index is -0.178. The first kappa shape index (κ1) is 18.6. The van der Waals surface area contributed by atoms with E-state index in [-0.39, 0.29) is 5.91 Å². The highest BCUT2D eigenvalue weighted by atomic mass is 79.9. The Morgan fingerprint density at radius 3 is 2.60 bits per heavy atom. The summed E-state index contributed by atoms with van der Waals surface area (Å²) in [4.78, 5) is 18.6. The van der Waals surface area contributed by atoms with Gasteiger partial charge in [-0.3, -0.25) is 9.36 Å². The highest BCUT2D eigenvalue weighted by molar-refractivity contribution is 9.10. The first-order chi connectivity index (χ1) is 14.6. The first-order valence-corrected chi connectivity index (χ1v) is 10.3. The lowest BCUT2D eigenvalue weighted by atomic mass is 10.1. The summed E-state index contributed by atoms with van der Waals surface area (Å²) in [5.74, 6) is 0.964. The monoisotopic (exact) mass is 459 g/mol. The van der Waals surface area contributed by atoms with Crippen molar-refractivity contribution >= 4 is 43.8 Å². The molecule has 3 aromatic carbocycles. The number of rotatable bonds is 3. The number of hydrogen-bond donors (Lipinski definition) is 0. The fourth-order valence-electron chi connectivity index (χ4n) is 3.90. The van der Waals surface area contributed by atoms with E-state index in [1.807, 2.05) is 60.3 Å². The van der Waals surface area contributed by atoms with Gasteiger partial charge in [-0.25, -0.2) is 4.98 Å². The lowest BCUT2D eigenvalue weighted by Gasteiger charge is -2.11. The minimum Gasteiger partial charge on any atom is -0.496 e. The molecule has 0 fully saturated rings. The van der Waals surface area contributed by atoms with Crippen molar-refractivity contribution in [2.24, 2.45) is 7.05 Å². The van der Waals surface area contributed by atoms with E-state index in [0.717, 1.165) is 32.0 Å². The van der Waals surface area contributed by atoms with Crippen molar-refractivity contribution in [2.75, 3.05) is 7.11 Å². The maximum absolute atomic E-state index is 13.7. The number of aromatic nitrogens is 3. The fourth-order valence-corrected chi connectivity index (χ4v) is 4.26. The highest BCUT2D eigenvalue weighted by Gasteiger charge is 2.24. The summed E-state index contributed by atoms with van der Waals surface area (Å²) in [5.41, 5.74) is 3.98. The molecule has 0 unspecified atom stereocenters. The molecular formula is C24H18BrN3O2. The summed E-state index contributed by atoms with van der Waals surface area (Å²) in [6.07, 6.45) is 2.02. The van der Waals surface area contributed by atoms with E-state index in [0.29, 0.717) is 17.1 Å². The maximum atomic E-state index is 13.7. The molecule has 0 saturated heterocycles. The molecule has 5 nitrogen and oxygen atoms in total. The van der Waals surface area contributed by atoms with Crippen molar-refractivity contribution in [3.8, 4) is 17.1 Å². The molecule has 0 spiro atoms. The number of imidazole rings is 1. The van der Waals surface area contributed by atoms with Gasteiger partial charge in [0.1, 0.15) is 11.6 Å². The van der Waals surface area contributed by atoms with Gasteiger partial charge in [0.25, 0.3) is 5.91 Å². The number of carbonyl (C=O) groups excluding carboxylic acids is 1. The van der Waals surface area contributed by atoms with Crippen molar-refractivity contribution in [3.63, 3.8) is 0 Å². The Labute approximate surface area is 181 Å². The van der Waals surface area contributed by atoms with Gasteiger partial charge in [0, 0.05) is 34.2 Å². The average molecular weight is 460 g/mol. The van der Waals surface area contributed by atoms with Crippen LogP contribution in [0.1, 0.15) is 10.4 Å². The standard InChI is InChI=1S/C24H18BrN3O2/c1-27-14-18(17-13-15(25)11-12-20(17)27)23-26-19-8-4-5-9-21(19)28(23)24(29)16-7-3-6-10-22(16)30-2/h3-14H,1-2H3. The van der Waals surface area contributed by atoms with Gasteiger partial charge in [-0.15, -0.1) is 0 Å². The number of methoxy groups -OCH3 is 1. The summed E-state index contributed by atoms with van der Waals surface area (Å²) >= 11 is 3.57. The second-order valence-electron chi connectivity index (χ2n) is 7.08. The summed E-state index contributed by atoms with van der Waals surface area (Å²) in [7, 11) is 3.57. The number of halogens is 1. The molecule has 148 valence electrons. The van der Waals surface area contributed by atoms with Gasteiger partial charge >= 0.3 is 0 Å². The largest absolute Gasteiger partial charge is 0.496 e. The average Bonchev–Trinajstić information content (AvgIpc) is 3.30. The summed E-state index contributed by atoms with van der Waals surface area (Å²) in [6, 6.07) is 21.1. The van der Waals surface area contributed by atoms with Gasteiger partial charge in [0.05, 0.1) is 23.7 Å². The van der Waals surface area contributed by atoms with Crippen LogP contribution in [0.2, 0.25) is 0 Å². The van der Waals surface area contributed by atoms with E-state index in [9.17, 15) is 4.79 Å². The number of hydrogen-bond acceptors (Lipinski definition) is 3. The van der Waals surface area contributed by atoms with E-state index >= 15 is 0 Å². The number of para-hydroxylation sites is 3. The van der Waals surface area contributed by atoms with Crippen molar-refractivity contribution < 1.29 is 9.53 Å². The zero-order valence-electron chi connectivity index (χ0n) is 16.5. The topological polar surface area (TPSA) is 49.0 Å². The second kappa shape index (κ2) is 7.15. The van der Waals surface area contributed by atoms with Gasteiger partial charge in [-0.2, -0.15) is 0 Å². The van der Waals surface area contributed by atoms with Crippen LogP contribution in [0.4, 0.5) is 0 Å². The molecule has 0 saturated carbocycles. The molecule has 0 N–H and O–H groups in total. The van der Waals surface area contributed by atoms with Crippen molar-refractivity contribution in [2.45, 2.75) is 0 Å². The van der Waals surface area contributed by atoms with Crippen LogP contribution in [-0.4, -0.2) is 27.1 Å². The van der Waals surface area contributed by atoms with Crippen LogP contribution in [0, 0.1) is 0 Å². The van der Waals surface area contributed by atoms with E-state index < -0.39 is 0 Å². The molecule has 0 atom stereocenters. The van der Waals surface area contributed by atoms with Crippen molar-refractivity contribution in [3.05, 3.63) is 83.0 Å². The Morgan fingerprint density at radius 1 is 1.00 bits per heavy atom.